The van der Waals surface area contributed by atoms with Gasteiger partial charge >= 0.3 is 18.2 Å². The minimum atomic E-state index is -1.11. The third-order valence-corrected chi connectivity index (χ3v) is 15.3. The summed E-state index contributed by atoms with van der Waals surface area (Å²) in [5, 5.41) is 15.2. The third-order valence-electron chi connectivity index (χ3n) is 14.6. The van der Waals surface area contributed by atoms with Crippen LogP contribution in [-0.2, 0) is 46.9 Å². The first-order valence-corrected chi connectivity index (χ1v) is 27.3. The summed E-state index contributed by atoms with van der Waals surface area (Å²) < 4.78 is 24.0. The molecule has 1 amide bonds. The van der Waals surface area contributed by atoms with Crippen LogP contribution in [0.5, 0.6) is 11.5 Å². The molecule has 20 nitrogen and oxygen atoms in total. The van der Waals surface area contributed by atoms with E-state index in [0.717, 1.165) is 66.4 Å². The molecule has 4 N–H and O–H groups in total. The molecule has 0 aliphatic carbocycles. The maximum atomic E-state index is 14.2. The number of nitrogens with one attached hydrogen (secondary N) is 1. The van der Waals surface area contributed by atoms with Crippen LogP contribution in [0.25, 0.3) is 43.9 Å². The Morgan fingerprint density at radius 3 is 1.65 bits per heavy atom. The summed E-state index contributed by atoms with van der Waals surface area (Å²) in [6.07, 6.45) is 3.31. The van der Waals surface area contributed by atoms with Crippen LogP contribution in [0.3, 0.4) is 0 Å². The van der Waals surface area contributed by atoms with Gasteiger partial charge in [0.15, 0.2) is 0 Å². The highest BCUT2D eigenvalue weighted by atomic mass is 35.5. The van der Waals surface area contributed by atoms with Crippen LogP contribution >= 0.6 is 35.6 Å². The van der Waals surface area contributed by atoms with Crippen molar-refractivity contribution in [3.8, 4) is 11.5 Å². The predicted molar refractivity (Wildman–Crippen MR) is 321 cm³/mol. The van der Waals surface area contributed by atoms with Gasteiger partial charge in [-0.25, -0.2) is 19.6 Å². The smallest absolute Gasteiger partial charge is 0.407 e. The molecule has 10 rings (SSSR count). The number of carbonyl (C=O) groups excluding carboxylic acids is 3. The number of hydrogen-bond donors (Lipinski definition) is 3. The molecule has 82 heavy (non-hydrogen) atoms. The Hall–Kier alpha value is -7.61. The number of carbonyl (C=O) groups is 2. The molecule has 436 valence electrons. The fourth-order valence-corrected chi connectivity index (χ4v) is 11.0. The highest BCUT2D eigenvalue weighted by Gasteiger charge is 2.32. The molecule has 2 fully saturated rings. The molecule has 0 bridgehead atoms. The molecule has 4 aromatic carbocycles. The van der Waals surface area contributed by atoms with E-state index in [1.165, 1.54) is 23.8 Å². The van der Waals surface area contributed by atoms with Gasteiger partial charge in [-0.15, -0.1) is 12.4 Å². The fraction of sp³-hybridized carbons (Fsp3) is 0.407. The Morgan fingerprint density at radius 1 is 0.732 bits per heavy atom. The molecule has 6 heterocycles. The van der Waals surface area contributed by atoms with Crippen LogP contribution < -0.4 is 41.4 Å². The Bertz CT molecular complexity index is 3870. The summed E-state index contributed by atoms with van der Waals surface area (Å²) in [5.41, 5.74) is 11.0. The number of anilines is 2. The molecule has 0 spiro atoms. The maximum Gasteiger partial charge on any atom is 0.407 e. The van der Waals surface area contributed by atoms with Crippen LogP contribution in [0.1, 0.15) is 94.3 Å². The molecule has 0 saturated carbocycles. The quantitative estimate of drug-likeness (QED) is 0.116. The lowest BCUT2D eigenvalue weighted by molar-refractivity contribution is -0.191. The number of carboxylic acids is 1. The predicted octanol–water partition coefficient (Wildman–Crippen LogP) is 9.45. The van der Waals surface area contributed by atoms with Gasteiger partial charge in [0.2, 0.25) is 11.9 Å². The van der Waals surface area contributed by atoms with E-state index in [-0.39, 0.29) is 52.7 Å². The van der Waals surface area contributed by atoms with Gasteiger partial charge in [0, 0.05) is 62.4 Å². The highest BCUT2D eigenvalue weighted by Crippen LogP contribution is 2.39. The van der Waals surface area contributed by atoms with Crippen LogP contribution in [0.4, 0.5) is 16.7 Å². The van der Waals surface area contributed by atoms with Gasteiger partial charge in [-0.1, -0.05) is 80.4 Å². The van der Waals surface area contributed by atoms with Crippen molar-refractivity contribution in [1.82, 2.24) is 33.6 Å². The van der Waals surface area contributed by atoms with Gasteiger partial charge < -0.3 is 58.4 Å². The lowest BCUT2D eigenvalue weighted by atomic mass is 9.86. The average molecular weight is 1180 g/mol. The first-order chi connectivity index (χ1) is 38.4. The number of nitrogens with zero attached hydrogens (tertiary/aromatic N) is 8. The van der Waals surface area contributed by atoms with E-state index < -0.39 is 17.7 Å². The standard InChI is InChI=1S/C33H42ClN5O4.C25H26ClN5O4.CO2.ClH/c1-32(2,3)21-16-24-26(25(17-21)42-8)27-28(29(40)37(24)7)39(18-20-12-9-10-14-23(20)34)30(36-27)38-15-11-13-22(19-38)35-31(41)43-33(4,5)6;1-29-18-10-15(24(33)34)11-19(35-2)20(18)21-22(23(29)32)31(12-14-6-3-4-8-17(14)26)25(28-21)30-9-5-7-16(27)13-30;2-1-3;/h9-10,12,14,16-17,22H,11,13,15,18-19H2,1-8H3,(H,35,41);3-4,6,8,10-11,16H,5,7,9,12-13,27H2,1-2H3,(H,33,34);;1H/t22-;16-;;/m11../s1. The average Bonchev–Trinajstić information content (AvgIpc) is 4.15. The fourth-order valence-electron chi connectivity index (χ4n) is 10.6. The number of carboxylic acid groups (broad SMARTS) is 1. The molecule has 4 aromatic heterocycles. The summed E-state index contributed by atoms with van der Waals surface area (Å²) >= 11 is 13.1. The Morgan fingerprint density at radius 2 is 1.20 bits per heavy atom. The molecule has 2 atom stereocenters. The molecule has 2 aliphatic heterocycles. The summed E-state index contributed by atoms with van der Waals surface area (Å²) in [7, 11) is 6.54. The topological polar surface area (TPSA) is 240 Å². The van der Waals surface area contributed by atoms with Crippen molar-refractivity contribution in [1.29, 1.82) is 0 Å². The number of aromatic carboxylic acids is 1. The Balaban J connectivity index is 0.000000227. The van der Waals surface area contributed by atoms with Gasteiger partial charge in [-0.2, -0.15) is 9.59 Å². The number of imidazole rings is 2. The van der Waals surface area contributed by atoms with Crippen molar-refractivity contribution in [2.45, 2.75) is 103 Å². The lowest BCUT2D eigenvalue weighted by Gasteiger charge is -2.34. The van der Waals surface area contributed by atoms with Crippen LogP contribution in [-0.4, -0.2) is 110 Å². The Kier molecular flexibility index (Phi) is 19.1. The number of alkyl carbamates (subject to hydrolysis) is 1. The number of fused-ring (bicyclic) bond motifs is 6. The Labute approximate surface area is 490 Å². The zero-order valence-corrected chi connectivity index (χ0v) is 49.9. The summed E-state index contributed by atoms with van der Waals surface area (Å²) in [6, 6.07) is 22.0. The largest absolute Gasteiger partial charge is 0.496 e. The van der Waals surface area contributed by atoms with Crippen LogP contribution in [0, 0.1) is 0 Å². The monoisotopic (exact) mass is 1180 g/mol. The number of piperidine rings is 2. The van der Waals surface area contributed by atoms with Crippen molar-refractivity contribution in [3.63, 3.8) is 0 Å². The third kappa shape index (κ3) is 12.9. The maximum absolute atomic E-state index is 14.2. The number of ether oxygens (including phenoxy) is 3. The molecular formula is C59H69Cl3N10O10. The van der Waals surface area contributed by atoms with Crippen molar-refractivity contribution in [3.05, 3.63) is 126 Å². The number of aryl methyl sites for hydroxylation is 2. The number of methoxy groups -OCH3 is 2. The number of aromatic nitrogens is 6. The van der Waals surface area contributed by atoms with Crippen LogP contribution in [0.2, 0.25) is 10.0 Å². The van der Waals surface area contributed by atoms with E-state index in [2.05, 4.69) is 42.0 Å². The lowest BCUT2D eigenvalue weighted by Crippen LogP contribution is -2.49. The van der Waals surface area contributed by atoms with E-state index >= 15 is 0 Å². The van der Waals surface area contributed by atoms with Crippen molar-refractivity contribution < 1.29 is 38.5 Å². The minimum absolute atomic E-state index is 0. The van der Waals surface area contributed by atoms with Gasteiger partial charge in [0.05, 0.1) is 54.7 Å². The van der Waals surface area contributed by atoms with Crippen LogP contribution in [0.15, 0.2) is 82.4 Å². The molecule has 2 saturated heterocycles. The van der Waals surface area contributed by atoms with Gasteiger partial charge in [0.25, 0.3) is 11.1 Å². The molecular weight excluding hydrogens is 1120 g/mol. The van der Waals surface area contributed by atoms with Crippen molar-refractivity contribution in [2.75, 3.05) is 50.2 Å². The summed E-state index contributed by atoms with van der Waals surface area (Å²) in [4.78, 5) is 82.8. The van der Waals surface area contributed by atoms with E-state index in [4.69, 9.17) is 62.7 Å². The molecule has 0 radical (unpaired) electrons. The van der Waals surface area contributed by atoms with Crippen molar-refractivity contribution >= 4 is 110 Å². The molecule has 8 aromatic rings. The summed E-state index contributed by atoms with van der Waals surface area (Å²) in [5.74, 6) is 1.18. The number of halogens is 3. The van der Waals surface area contributed by atoms with E-state index in [0.29, 0.717) is 92.6 Å². The number of nitrogens with two attached hydrogens (primary N) is 1. The molecule has 0 unspecified atom stereocenters. The number of hydrogen-bond acceptors (Lipinski definition) is 14. The second-order valence-corrected chi connectivity index (χ2v) is 23.2. The number of amides is 1. The number of pyridine rings is 2. The molecule has 2 aliphatic rings. The van der Waals surface area contributed by atoms with Gasteiger partial charge in [-0.05, 0) is 105 Å². The first-order valence-electron chi connectivity index (χ1n) is 26.6. The van der Waals surface area contributed by atoms with Gasteiger partial charge in [0.1, 0.15) is 39.2 Å². The second-order valence-electron chi connectivity index (χ2n) is 22.4. The first kappa shape index (κ1) is 62.0. The highest BCUT2D eigenvalue weighted by molar-refractivity contribution is 6.31. The van der Waals surface area contributed by atoms with Crippen molar-refractivity contribution in [2.24, 2.45) is 19.8 Å². The normalized spacial score (nSPS) is 15.5. The zero-order chi connectivity index (χ0) is 58.8. The number of benzene rings is 4. The SMILES string of the molecule is COc1cc(C(=O)O)cc2c1c1nc(N3CCC[C@@H](N)C3)n(Cc3ccccc3Cl)c1c(=O)n2C.COc1cc(C(C)(C)C)cc2c1c1nc(N3CCC[C@@H](NC(=O)OC(C)(C)C)C3)n(Cc3ccccc3Cl)c1c(=O)n2C.Cl.O=C=O. The van der Waals surface area contributed by atoms with E-state index in [1.54, 1.807) is 25.8 Å². The minimum Gasteiger partial charge on any atom is -0.496 e. The molecule has 23 heteroatoms. The van der Waals surface area contributed by atoms with E-state index in [9.17, 15) is 24.3 Å². The summed E-state index contributed by atoms with van der Waals surface area (Å²) in [6.45, 7) is 15.3. The van der Waals surface area contributed by atoms with E-state index in [1.807, 2.05) is 84.5 Å². The second kappa shape index (κ2) is 25.3. The zero-order valence-electron chi connectivity index (χ0n) is 47.6. The number of rotatable bonds is 10. The van der Waals surface area contributed by atoms with Gasteiger partial charge in [-0.3, -0.25) is 9.59 Å².